The molecule has 196 valence electrons. The fraction of sp³-hybridized carbons (Fsp3) is 0.500. The Bertz CT molecular complexity index is 1180. The van der Waals surface area contributed by atoms with Crippen LogP contribution in [0.3, 0.4) is 0 Å². The number of carbonyl (C=O) groups excluding carboxylic acids is 2. The largest absolute Gasteiger partial charge is 0.465 e. The molecule has 1 aliphatic heterocycles. The van der Waals surface area contributed by atoms with Gasteiger partial charge in [0.25, 0.3) is 5.91 Å². The molecule has 2 heterocycles. The molecular weight excluding hydrogens is 492 g/mol. The van der Waals surface area contributed by atoms with E-state index in [1.54, 1.807) is 23.5 Å². The number of urea groups is 1. The quantitative estimate of drug-likeness (QED) is 0.536. The number of carbonyl (C=O) groups is 3. The molecule has 0 spiro atoms. The van der Waals surface area contributed by atoms with Crippen LogP contribution in [0.25, 0.3) is 11.3 Å². The molecule has 2 aliphatic rings. The van der Waals surface area contributed by atoms with Crippen LogP contribution in [0.2, 0.25) is 0 Å². The van der Waals surface area contributed by atoms with Crippen molar-refractivity contribution < 1.29 is 19.5 Å². The molecule has 2 aromatic rings. The summed E-state index contributed by atoms with van der Waals surface area (Å²) in [6.07, 6.45) is 0.994. The highest BCUT2D eigenvalue weighted by molar-refractivity contribution is 7.09. The Morgan fingerprint density at radius 2 is 1.86 bits per heavy atom. The van der Waals surface area contributed by atoms with E-state index in [1.165, 1.54) is 9.80 Å². The number of amides is 4. The molecule has 37 heavy (non-hydrogen) atoms. The molecule has 2 N–H and O–H groups in total. The Morgan fingerprint density at radius 1 is 1.19 bits per heavy atom. The third kappa shape index (κ3) is 6.64. The average Bonchev–Trinajstić information content (AvgIpc) is 3.50. The van der Waals surface area contributed by atoms with Gasteiger partial charge >= 0.3 is 12.1 Å². The van der Waals surface area contributed by atoms with Gasteiger partial charge in [-0.2, -0.15) is 5.26 Å². The van der Waals surface area contributed by atoms with Crippen LogP contribution in [-0.4, -0.2) is 81.1 Å². The van der Waals surface area contributed by atoms with Gasteiger partial charge in [0.1, 0.15) is 10.5 Å². The first-order chi connectivity index (χ1) is 17.7. The maximum absolute atomic E-state index is 13.3. The molecule has 10 nitrogen and oxygen atoms in total. The first-order valence-corrected chi connectivity index (χ1v) is 13.4. The molecule has 1 aliphatic carbocycles. The van der Waals surface area contributed by atoms with Gasteiger partial charge in [-0.05, 0) is 37.3 Å². The lowest BCUT2D eigenvalue weighted by atomic mass is 10.1. The van der Waals surface area contributed by atoms with E-state index in [9.17, 15) is 19.6 Å². The van der Waals surface area contributed by atoms with Crippen LogP contribution in [-0.2, 0) is 6.54 Å². The van der Waals surface area contributed by atoms with Crippen molar-refractivity contribution in [1.29, 1.82) is 5.26 Å². The minimum atomic E-state index is -0.879. The summed E-state index contributed by atoms with van der Waals surface area (Å²) >= 11 is 1.55. The van der Waals surface area contributed by atoms with Crippen LogP contribution in [0.1, 0.15) is 48.5 Å². The summed E-state index contributed by atoms with van der Waals surface area (Å²) in [6, 6.07) is 8.67. The molecular formula is C26H32N6O4S. The molecule has 4 rings (SSSR count). The molecule has 1 aromatic carbocycles. The summed E-state index contributed by atoms with van der Waals surface area (Å²) < 4.78 is 0. The standard InChI is InChI=1S/C26H32N6O4S/c1-18(2)7-10-32(24(34)29-26(17-27)8-9-26)23(33)20-5-3-19(4-6-20)21-16-37-22(28-21)15-30-11-13-31(14-12-30)25(35)36/h3-6,16,18H,7-15H2,1-2H3,(H,29,34)(H,35,36). The van der Waals surface area contributed by atoms with Crippen molar-refractivity contribution in [3.63, 3.8) is 0 Å². The van der Waals surface area contributed by atoms with Gasteiger partial charge in [0.2, 0.25) is 0 Å². The predicted molar refractivity (Wildman–Crippen MR) is 139 cm³/mol. The zero-order chi connectivity index (χ0) is 26.6. The summed E-state index contributed by atoms with van der Waals surface area (Å²) in [7, 11) is 0. The number of imide groups is 1. The maximum Gasteiger partial charge on any atom is 0.407 e. The molecule has 4 amide bonds. The van der Waals surface area contributed by atoms with Crippen LogP contribution in [0.4, 0.5) is 9.59 Å². The summed E-state index contributed by atoms with van der Waals surface area (Å²) in [5.41, 5.74) is 1.23. The minimum Gasteiger partial charge on any atom is -0.465 e. The molecule has 11 heteroatoms. The SMILES string of the molecule is CC(C)CCN(C(=O)NC1(C#N)CC1)C(=O)c1ccc(-c2csc(CN3CCN(C(=O)O)CC3)n2)cc1. The third-order valence-electron chi connectivity index (χ3n) is 6.71. The second-order valence-electron chi connectivity index (χ2n) is 10.0. The van der Waals surface area contributed by atoms with Crippen LogP contribution in [0, 0.1) is 17.2 Å². The average molecular weight is 525 g/mol. The van der Waals surface area contributed by atoms with Crippen molar-refractivity contribution in [1.82, 2.24) is 25.0 Å². The monoisotopic (exact) mass is 524 g/mol. The Kier molecular flexibility index (Phi) is 8.10. The summed E-state index contributed by atoms with van der Waals surface area (Å²) in [6.45, 7) is 7.35. The van der Waals surface area contributed by atoms with Crippen molar-refractivity contribution >= 4 is 29.4 Å². The van der Waals surface area contributed by atoms with Gasteiger partial charge < -0.3 is 15.3 Å². The van der Waals surface area contributed by atoms with Gasteiger partial charge in [0.15, 0.2) is 0 Å². The van der Waals surface area contributed by atoms with Crippen molar-refractivity contribution in [2.45, 2.75) is 45.2 Å². The number of piperazine rings is 1. The Morgan fingerprint density at radius 3 is 2.43 bits per heavy atom. The van der Waals surface area contributed by atoms with Crippen LogP contribution in [0.5, 0.6) is 0 Å². The van der Waals surface area contributed by atoms with E-state index < -0.39 is 23.6 Å². The number of benzene rings is 1. The van der Waals surface area contributed by atoms with E-state index in [4.69, 9.17) is 10.1 Å². The van der Waals surface area contributed by atoms with E-state index in [2.05, 4.69) is 16.3 Å². The lowest BCUT2D eigenvalue weighted by molar-refractivity contribution is 0.0792. The van der Waals surface area contributed by atoms with Crippen LogP contribution < -0.4 is 5.32 Å². The van der Waals surface area contributed by atoms with Crippen molar-refractivity contribution in [3.05, 3.63) is 40.2 Å². The maximum atomic E-state index is 13.3. The normalized spacial score (nSPS) is 16.8. The topological polar surface area (TPSA) is 130 Å². The number of nitrogens with zero attached hydrogens (tertiary/aromatic N) is 5. The van der Waals surface area contributed by atoms with Gasteiger partial charge in [0.05, 0.1) is 18.3 Å². The summed E-state index contributed by atoms with van der Waals surface area (Å²) in [4.78, 5) is 46.8. The Hall–Kier alpha value is -3.49. The van der Waals surface area contributed by atoms with Gasteiger partial charge in [0, 0.05) is 49.2 Å². The second kappa shape index (κ2) is 11.3. The fourth-order valence-electron chi connectivity index (χ4n) is 4.09. The molecule has 2 fully saturated rings. The second-order valence-corrected chi connectivity index (χ2v) is 11.0. The lowest BCUT2D eigenvalue weighted by Crippen LogP contribution is -2.48. The number of hydrogen-bond acceptors (Lipinski definition) is 7. The molecule has 0 atom stereocenters. The number of nitriles is 1. The number of rotatable bonds is 8. The smallest absolute Gasteiger partial charge is 0.407 e. The van der Waals surface area contributed by atoms with Gasteiger partial charge in [-0.3, -0.25) is 14.6 Å². The lowest BCUT2D eigenvalue weighted by Gasteiger charge is -2.32. The first-order valence-electron chi connectivity index (χ1n) is 12.5. The van der Waals surface area contributed by atoms with Crippen molar-refractivity contribution in [2.75, 3.05) is 32.7 Å². The number of carboxylic acid groups (broad SMARTS) is 1. The van der Waals surface area contributed by atoms with Gasteiger partial charge in [-0.1, -0.05) is 26.0 Å². The predicted octanol–water partition coefficient (Wildman–Crippen LogP) is 3.86. The molecule has 0 radical (unpaired) electrons. The number of nitrogens with one attached hydrogen (secondary N) is 1. The highest BCUT2D eigenvalue weighted by Crippen LogP contribution is 2.34. The molecule has 0 unspecified atom stereocenters. The highest BCUT2D eigenvalue weighted by Gasteiger charge is 2.46. The summed E-state index contributed by atoms with van der Waals surface area (Å²) in [5.74, 6) is -0.0749. The van der Waals surface area contributed by atoms with Gasteiger partial charge in [-0.25, -0.2) is 14.6 Å². The van der Waals surface area contributed by atoms with E-state index in [1.807, 2.05) is 31.4 Å². The van der Waals surface area contributed by atoms with E-state index in [0.29, 0.717) is 63.5 Å². The van der Waals surface area contributed by atoms with Gasteiger partial charge in [-0.15, -0.1) is 11.3 Å². The Labute approximate surface area is 220 Å². The Balaban J connectivity index is 1.40. The van der Waals surface area contributed by atoms with Crippen molar-refractivity contribution in [3.8, 4) is 17.3 Å². The molecule has 1 saturated carbocycles. The van der Waals surface area contributed by atoms with Crippen molar-refractivity contribution in [2.24, 2.45) is 5.92 Å². The van der Waals surface area contributed by atoms with E-state index in [0.717, 1.165) is 16.3 Å². The molecule has 1 saturated heterocycles. The first kappa shape index (κ1) is 26.6. The molecule has 1 aromatic heterocycles. The number of thiazole rings is 1. The molecule has 0 bridgehead atoms. The fourth-order valence-corrected chi connectivity index (χ4v) is 4.93. The van der Waals surface area contributed by atoms with E-state index >= 15 is 0 Å². The zero-order valence-electron chi connectivity index (χ0n) is 21.1. The van der Waals surface area contributed by atoms with Crippen LogP contribution in [0.15, 0.2) is 29.6 Å². The zero-order valence-corrected chi connectivity index (χ0v) is 22.0. The van der Waals surface area contributed by atoms with E-state index in [-0.39, 0.29) is 6.54 Å². The number of hydrogen-bond donors (Lipinski definition) is 2. The number of aromatic nitrogens is 1. The highest BCUT2D eigenvalue weighted by atomic mass is 32.1. The summed E-state index contributed by atoms with van der Waals surface area (Å²) in [5, 5.41) is 24.1. The van der Waals surface area contributed by atoms with Crippen LogP contribution >= 0.6 is 11.3 Å². The third-order valence-corrected chi connectivity index (χ3v) is 7.55. The minimum absolute atomic E-state index is 0.280.